The van der Waals surface area contributed by atoms with E-state index in [1.807, 2.05) is 12.2 Å². The SMILES string of the molecule is C=CSC(=C)C1=CC=C(N)CC1. The van der Waals surface area contributed by atoms with Crippen molar-refractivity contribution in [3.63, 3.8) is 0 Å². The van der Waals surface area contributed by atoms with Crippen LogP contribution in [0.4, 0.5) is 0 Å². The van der Waals surface area contributed by atoms with Gasteiger partial charge < -0.3 is 5.73 Å². The Balaban J connectivity index is 2.64. The van der Waals surface area contributed by atoms with Crippen LogP contribution in [0.5, 0.6) is 0 Å². The van der Waals surface area contributed by atoms with Gasteiger partial charge >= 0.3 is 0 Å². The molecule has 0 fully saturated rings. The molecule has 1 nitrogen and oxygen atoms in total. The molecule has 1 aliphatic rings. The number of allylic oxidation sites excluding steroid dienone is 4. The van der Waals surface area contributed by atoms with Crippen molar-refractivity contribution in [3.8, 4) is 0 Å². The first-order chi connectivity index (χ1) is 5.74. The van der Waals surface area contributed by atoms with E-state index in [-0.39, 0.29) is 0 Å². The highest BCUT2D eigenvalue weighted by atomic mass is 32.2. The Morgan fingerprint density at radius 3 is 2.75 bits per heavy atom. The van der Waals surface area contributed by atoms with Gasteiger partial charge in [0.2, 0.25) is 0 Å². The van der Waals surface area contributed by atoms with Gasteiger partial charge in [-0.3, -0.25) is 0 Å². The van der Waals surface area contributed by atoms with Crippen LogP contribution in [0, 0.1) is 0 Å². The lowest BCUT2D eigenvalue weighted by Crippen LogP contribution is -2.01. The first-order valence-corrected chi connectivity index (χ1v) is 4.74. The van der Waals surface area contributed by atoms with Gasteiger partial charge in [-0.05, 0) is 29.9 Å². The lowest BCUT2D eigenvalue weighted by molar-refractivity contribution is 0.911. The fraction of sp³-hybridized carbons (Fsp3) is 0.200. The Morgan fingerprint density at radius 2 is 2.25 bits per heavy atom. The molecule has 12 heavy (non-hydrogen) atoms. The molecule has 1 rings (SSSR count). The van der Waals surface area contributed by atoms with E-state index in [1.165, 1.54) is 5.57 Å². The average Bonchev–Trinajstić information content (AvgIpc) is 2.06. The van der Waals surface area contributed by atoms with Crippen LogP contribution in [-0.2, 0) is 0 Å². The summed E-state index contributed by atoms with van der Waals surface area (Å²) >= 11 is 1.57. The standard InChI is InChI=1S/C10H13NS/c1-3-12-8(2)9-4-6-10(11)7-5-9/h3-4,6H,1-2,5,7,11H2. The van der Waals surface area contributed by atoms with Crippen LogP contribution in [0.2, 0.25) is 0 Å². The molecule has 2 N–H and O–H groups in total. The molecule has 0 aromatic carbocycles. The molecule has 0 unspecified atom stereocenters. The van der Waals surface area contributed by atoms with Crippen molar-refractivity contribution in [2.45, 2.75) is 12.8 Å². The molecule has 0 aromatic heterocycles. The maximum absolute atomic E-state index is 5.63. The van der Waals surface area contributed by atoms with Crippen molar-refractivity contribution in [2.75, 3.05) is 0 Å². The summed E-state index contributed by atoms with van der Waals surface area (Å²) in [5.74, 6) is 0. The van der Waals surface area contributed by atoms with Crippen molar-refractivity contribution >= 4 is 11.8 Å². The second-order valence-corrected chi connectivity index (χ2v) is 3.70. The maximum atomic E-state index is 5.63. The number of hydrogen-bond donors (Lipinski definition) is 1. The Kier molecular flexibility index (Phi) is 3.23. The number of hydrogen-bond acceptors (Lipinski definition) is 2. The molecule has 1 aliphatic carbocycles. The van der Waals surface area contributed by atoms with Gasteiger partial charge in [-0.2, -0.15) is 0 Å². The second kappa shape index (κ2) is 4.21. The lowest BCUT2D eigenvalue weighted by atomic mass is 10.0. The first-order valence-electron chi connectivity index (χ1n) is 3.86. The highest BCUT2D eigenvalue weighted by Gasteiger charge is 2.06. The zero-order valence-electron chi connectivity index (χ0n) is 7.05. The van der Waals surface area contributed by atoms with Crippen molar-refractivity contribution in [1.82, 2.24) is 0 Å². The van der Waals surface area contributed by atoms with Crippen LogP contribution in [0.1, 0.15) is 12.8 Å². The summed E-state index contributed by atoms with van der Waals surface area (Å²) in [6.07, 6.45) is 5.94. The largest absolute Gasteiger partial charge is 0.402 e. The first kappa shape index (κ1) is 9.20. The molecular weight excluding hydrogens is 166 g/mol. The van der Waals surface area contributed by atoms with Gasteiger partial charge in [-0.15, -0.1) is 0 Å². The van der Waals surface area contributed by atoms with Gasteiger partial charge in [0, 0.05) is 10.6 Å². The molecular formula is C10H13NS. The molecule has 0 aromatic rings. The average molecular weight is 179 g/mol. The fourth-order valence-corrected chi connectivity index (χ4v) is 1.58. The Morgan fingerprint density at radius 1 is 1.50 bits per heavy atom. The van der Waals surface area contributed by atoms with Crippen LogP contribution in [-0.4, -0.2) is 0 Å². The number of rotatable bonds is 3. The van der Waals surface area contributed by atoms with E-state index in [9.17, 15) is 0 Å². The highest BCUT2D eigenvalue weighted by Crippen LogP contribution is 2.28. The Bertz CT molecular complexity index is 261. The molecule has 0 spiro atoms. The summed E-state index contributed by atoms with van der Waals surface area (Å²) in [5.41, 5.74) is 7.86. The van der Waals surface area contributed by atoms with E-state index in [4.69, 9.17) is 5.73 Å². The summed E-state index contributed by atoms with van der Waals surface area (Å²) < 4.78 is 0. The predicted octanol–water partition coefficient (Wildman–Crippen LogP) is 2.94. The quantitative estimate of drug-likeness (QED) is 0.721. The third-order valence-corrected chi connectivity index (χ3v) is 2.48. The minimum atomic E-state index is 0.947. The minimum absolute atomic E-state index is 0.947. The van der Waals surface area contributed by atoms with Crippen LogP contribution in [0.25, 0.3) is 0 Å². The molecule has 64 valence electrons. The zero-order chi connectivity index (χ0) is 8.97. The minimum Gasteiger partial charge on any atom is -0.402 e. The van der Waals surface area contributed by atoms with Crippen molar-refractivity contribution in [2.24, 2.45) is 5.73 Å². The van der Waals surface area contributed by atoms with E-state index in [2.05, 4.69) is 13.2 Å². The number of nitrogens with two attached hydrogens (primary N) is 1. The van der Waals surface area contributed by atoms with Crippen LogP contribution < -0.4 is 5.73 Å². The summed E-state index contributed by atoms with van der Waals surface area (Å²) in [4.78, 5) is 1.08. The predicted molar refractivity (Wildman–Crippen MR) is 56.5 cm³/mol. The molecule has 0 saturated carbocycles. The molecule has 0 saturated heterocycles. The van der Waals surface area contributed by atoms with Gasteiger partial charge in [0.15, 0.2) is 0 Å². The van der Waals surface area contributed by atoms with Crippen LogP contribution in [0.3, 0.4) is 0 Å². The van der Waals surface area contributed by atoms with Crippen molar-refractivity contribution < 1.29 is 0 Å². The molecule has 0 heterocycles. The fourth-order valence-electron chi connectivity index (χ4n) is 1.06. The van der Waals surface area contributed by atoms with Gasteiger partial charge in [-0.1, -0.05) is 31.0 Å². The van der Waals surface area contributed by atoms with Crippen LogP contribution in [0.15, 0.2) is 46.9 Å². The van der Waals surface area contributed by atoms with E-state index in [1.54, 1.807) is 17.2 Å². The molecule has 0 amide bonds. The lowest BCUT2D eigenvalue weighted by Gasteiger charge is -2.12. The van der Waals surface area contributed by atoms with Gasteiger partial charge in [-0.25, -0.2) is 0 Å². The second-order valence-electron chi connectivity index (χ2n) is 2.64. The summed E-state index contributed by atoms with van der Waals surface area (Å²) in [6, 6.07) is 0. The van der Waals surface area contributed by atoms with E-state index in [0.29, 0.717) is 0 Å². The normalized spacial score (nSPS) is 16.3. The number of thioether (sulfide) groups is 1. The highest BCUT2D eigenvalue weighted by molar-refractivity contribution is 8.06. The molecule has 0 radical (unpaired) electrons. The summed E-state index contributed by atoms with van der Waals surface area (Å²) in [7, 11) is 0. The molecule has 0 atom stereocenters. The summed E-state index contributed by atoms with van der Waals surface area (Å²) in [5, 5.41) is 1.80. The Labute approximate surface area is 77.7 Å². The Hall–Kier alpha value is -0.890. The zero-order valence-corrected chi connectivity index (χ0v) is 7.86. The third-order valence-electron chi connectivity index (χ3n) is 1.77. The van der Waals surface area contributed by atoms with Gasteiger partial charge in [0.25, 0.3) is 0 Å². The maximum Gasteiger partial charge on any atom is 0.00839 e. The molecule has 0 aliphatic heterocycles. The van der Waals surface area contributed by atoms with E-state index in [0.717, 1.165) is 23.4 Å². The van der Waals surface area contributed by atoms with Crippen molar-refractivity contribution in [3.05, 3.63) is 46.9 Å². The molecule has 2 heteroatoms. The van der Waals surface area contributed by atoms with Gasteiger partial charge in [0.1, 0.15) is 0 Å². The van der Waals surface area contributed by atoms with E-state index < -0.39 is 0 Å². The van der Waals surface area contributed by atoms with E-state index >= 15 is 0 Å². The topological polar surface area (TPSA) is 26.0 Å². The summed E-state index contributed by atoms with van der Waals surface area (Å²) in [6.45, 7) is 7.59. The van der Waals surface area contributed by atoms with Crippen molar-refractivity contribution in [1.29, 1.82) is 0 Å². The van der Waals surface area contributed by atoms with Gasteiger partial charge in [0.05, 0.1) is 0 Å². The molecule has 0 bridgehead atoms. The smallest absolute Gasteiger partial charge is 0.00839 e. The van der Waals surface area contributed by atoms with Crippen LogP contribution >= 0.6 is 11.8 Å². The third kappa shape index (κ3) is 2.31. The monoisotopic (exact) mass is 179 g/mol.